The molecule has 0 bridgehead atoms. The molecule has 0 spiro atoms. The van der Waals surface area contributed by atoms with Crippen LogP contribution in [-0.4, -0.2) is 36.0 Å². The second-order valence-corrected chi connectivity index (χ2v) is 6.42. The zero-order valence-corrected chi connectivity index (χ0v) is 15.8. The number of nitrogens with one attached hydrogen (secondary N) is 1. The summed E-state index contributed by atoms with van der Waals surface area (Å²) in [5.74, 6) is 1.98. The highest BCUT2D eigenvalue weighted by atomic mass is 16.6. The number of aryl methyl sites for hydroxylation is 1. The standard InChI is InChI=1S/C21H21N3O4/c1-24-20(21(25)22-12-14-3-6-16(26-2)7-4-14)17(13-23-24)15-5-8-18-19(11-15)28-10-9-27-18/h3-8,11,13H,9-10,12H2,1-2H3,(H,22,25). The van der Waals surface area contributed by atoms with E-state index in [1.54, 1.807) is 25.0 Å². The molecule has 0 unspecified atom stereocenters. The third kappa shape index (κ3) is 3.51. The molecule has 4 rings (SSSR count). The van der Waals surface area contributed by atoms with E-state index in [4.69, 9.17) is 14.2 Å². The molecule has 0 saturated carbocycles. The predicted molar refractivity (Wildman–Crippen MR) is 104 cm³/mol. The Bertz CT molecular complexity index is 995. The molecule has 1 aromatic heterocycles. The minimum Gasteiger partial charge on any atom is -0.497 e. The number of nitrogens with zero attached hydrogens (tertiary/aromatic N) is 2. The number of fused-ring (bicyclic) bond motifs is 1. The number of hydrogen-bond acceptors (Lipinski definition) is 5. The van der Waals surface area contributed by atoms with E-state index in [1.807, 2.05) is 42.5 Å². The van der Waals surface area contributed by atoms with Crippen LogP contribution in [0.3, 0.4) is 0 Å². The smallest absolute Gasteiger partial charge is 0.270 e. The van der Waals surface area contributed by atoms with Crippen molar-refractivity contribution < 1.29 is 19.0 Å². The molecule has 1 aliphatic heterocycles. The third-order valence-corrected chi connectivity index (χ3v) is 4.62. The van der Waals surface area contributed by atoms with Crippen LogP contribution in [0.2, 0.25) is 0 Å². The van der Waals surface area contributed by atoms with Crippen LogP contribution in [-0.2, 0) is 13.6 Å². The Labute approximate surface area is 162 Å². The van der Waals surface area contributed by atoms with Crippen LogP contribution in [0.4, 0.5) is 0 Å². The molecule has 0 saturated heterocycles. The zero-order valence-electron chi connectivity index (χ0n) is 15.8. The van der Waals surface area contributed by atoms with Gasteiger partial charge in [-0.05, 0) is 35.4 Å². The van der Waals surface area contributed by atoms with Crippen LogP contribution >= 0.6 is 0 Å². The lowest BCUT2D eigenvalue weighted by molar-refractivity contribution is 0.0942. The van der Waals surface area contributed by atoms with E-state index in [1.165, 1.54) is 0 Å². The first kappa shape index (κ1) is 17.9. The number of hydrogen-bond donors (Lipinski definition) is 1. The van der Waals surface area contributed by atoms with Crippen molar-refractivity contribution in [1.82, 2.24) is 15.1 Å². The number of aromatic nitrogens is 2. The van der Waals surface area contributed by atoms with E-state index in [-0.39, 0.29) is 5.91 Å². The SMILES string of the molecule is COc1ccc(CNC(=O)c2c(-c3ccc4c(c3)OCCO4)cnn2C)cc1. The van der Waals surface area contributed by atoms with Gasteiger partial charge in [0.2, 0.25) is 0 Å². The fraction of sp³-hybridized carbons (Fsp3) is 0.238. The Hall–Kier alpha value is -3.48. The van der Waals surface area contributed by atoms with Gasteiger partial charge in [-0.1, -0.05) is 18.2 Å². The lowest BCUT2D eigenvalue weighted by atomic mass is 10.0. The van der Waals surface area contributed by atoms with Gasteiger partial charge in [-0.25, -0.2) is 0 Å². The first-order valence-electron chi connectivity index (χ1n) is 8.99. The molecule has 0 fully saturated rings. The van der Waals surface area contributed by atoms with Gasteiger partial charge in [0.05, 0.1) is 13.3 Å². The van der Waals surface area contributed by atoms with Crippen LogP contribution in [0.1, 0.15) is 16.1 Å². The molecule has 1 aliphatic rings. The van der Waals surface area contributed by atoms with Gasteiger partial charge < -0.3 is 19.5 Å². The molecule has 144 valence electrons. The summed E-state index contributed by atoms with van der Waals surface area (Å²) in [5.41, 5.74) is 3.07. The van der Waals surface area contributed by atoms with E-state index < -0.39 is 0 Å². The van der Waals surface area contributed by atoms with Gasteiger partial charge in [0, 0.05) is 19.2 Å². The topological polar surface area (TPSA) is 74.6 Å². The largest absolute Gasteiger partial charge is 0.497 e. The van der Waals surface area contributed by atoms with Crippen molar-refractivity contribution in [2.45, 2.75) is 6.54 Å². The molecule has 28 heavy (non-hydrogen) atoms. The molecule has 1 N–H and O–H groups in total. The molecule has 2 aromatic carbocycles. The minimum atomic E-state index is -0.194. The van der Waals surface area contributed by atoms with Crippen molar-refractivity contribution in [3.8, 4) is 28.4 Å². The summed E-state index contributed by atoms with van der Waals surface area (Å²) in [5, 5.41) is 7.23. The highest BCUT2D eigenvalue weighted by molar-refractivity contribution is 5.99. The van der Waals surface area contributed by atoms with E-state index in [2.05, 4.69) is 10.4 Å². The first-order valence-corrected chi connectivity index (χ1v) is 8.99. The lowest BCUT2D eigenvalue weighted by Crippen LogP contribution is -2.25. The Kier molecular flexibility index (Phi) is 4.89. The fourth-order valence-electron chi connectivity index (χ4n) is 3.14. The predicted octanol–water partition coefficient (Wildman–Crippen LogP) is 2.80. The van der Waals surface area contributed by atoms with Crippen LogP contribution < -0.4 is 19.5 Å². The van der Waals surface area contributed by atoms with Gasteiger partial charge in [0.15, 0.2) is 11.5 Å². The summed E-state index contributed by atoms with van der Waals surface area (Å²) in [4.78, 5) is 12.9. The number of rotatable bonds is 5. The molecule has 0 radical (unpaired) electrons. The minimum absolute atomic E-state index is 0.194. The summed E-state index contributed by atoms with van der Waals surface area (Å²) in [6, 6.07) is 13.2. The van der Waals surface area contributed by atoms with Gasteiger partial charge >= 0.3 is 0 Å². The molecule has 7 nitrogen and oxygen atoms in total. The van der Waals surface area contributed by atoms with Crippen molar-refractivity contribution >= 4 is 5.91 Å². The molecule has 0 aliphatic carbocycles. The first-order chi connectivity index (χ1) is 13.7. The number of methoxy groups -OCH3 is 1. The number of benzene rings is 2. The van der Waals surface area contributed by atoms with Crippen LogP contribution in [0, 0.1) is 0 Å². The Morgan fingerprint density at radius 3 is 2.64 bits per heavy atom. The average Bonchev–Trinajstić information content (AvgIpc) is 3.13. The average molecular weight is 379 g/mol. The van der Waals surface area contributed by atoms with Crippen LogP contribution in [0.25, 0.3) is 11.1 Å². The Balaban J connectivity index is 1.55. The zero-order chi connectivity index (χ0) is 19.5. The second-order valence-electron chi connectivity index (χ2n) is 6.42. The quantitative estimate of drug-likeness (QED) is 0.738. The van der Waals surface area contributed by atoms with Gasteiger partial charge in [-0.15, -0.1) is 0 Å². The second kappa shape index (κ2) is 7.64. The Morgan fingerprint density at radius 2 is 1.89 bits per heavy atom. The normalized spacial score (nSPS) is 12.5. The van der Waals surface area contributed by atoms with Gasteiger partial charge in [-0.2, -0.15) is 5.10 Å². The van der Waals surface area contributed by atoms with Crippen LogP contribution in [0.15, 0.2) is 48.7 Å². The number of carbonyl (C=O) groups excluding carboxylic acids is 1. The maximum absolute atomic E-state index is 12.9. The maximum atomic E-state index is 12.9. The van der Waals surface area contributed by atoms with E-state index in [0.717, 1.165) is 22.4 Å². The number of carbonyl (C=O) groups is 1. The van der Waals surface area contributed by atoms with Crippen molar-refractivity contribution in [2.24, 2.45) is 7.05 Å². The monoisotopic (exact) mass is 379 g/mol. The summed E-state index contributed by atoms with van der Waals surface area (Å²) in [6.07, 6.45) is 1.69. The molecule has 1 amide bonds. The molecule has 2 heterocycles. The summed E-state index contributed by atoms with van der Waals surface area (Å²) >= 11 is 0. The van der Waals surface area contributed by atoms with Crippen LogP contribution in [0.5, 0.6) is 17.2 Å². The molecular weight excluding hydrogens is 358 g/mol. The summed E-state index contributed by atoms with van der Waals surface area (Å²) in [6.45, 7) is 1.46. The molecule has 7 heteroatoms. The highest BCUT2D eigenvalue weighted by Gasteiger charge is 2.20. The van der Waals surface area contributed by atoms with Crippen molar-refractivity contribution in [3.63, 3.8) is 0 Å². The molecular formula is C21H21N3O4. The molecule has 0 atom stereocenters. The summed E-state index contributed by atoms with van der Waals surface area (Å²) < 4.78 is 18.0. The number of amides is 1. The van der Waals surface area contributed by atoms with Crippen molar-refractivity contribution in [3.05, 3.63) is 59.9 Å². The van der Waals surface area contributed by atoms with E-state index >= 15 is 0 Å². The highest BCUT2D eigenvalue weighted by Crippen LogP contribution is 2.35. The van der Waals surface area contributed by atoms with Crippen molar-refractivity contribution in [1.29, 1.82) is 0 Å². The molecule has 3 aromatic rings. The number of ether oxygens (including phenoxy) is 3. The van der Waals surface area contributed by atoms with E-state index in [0.29, 0.717) is 37.0 Å². The fourth-order valence-corrected chi connectivity index (χ4v) is 3.14. The summed E-state index contributed by atoms with van der Waals surface area (Å²) in [7, 11) is 3.38. The van der Waals surface area contributed by atoms with Gasteiger partial charge in [0.25, 0.3) is 5.91 Å². The maximum Gasteiger partial charge on any atom is 0.270 e. The lowest BCUT2D eigenvalue weighted by Gasteiger charge is -2.19. The van der Waals surface area contributed by atoms with Gasteiger partial charge in [0.1, 0.15) is 24.7 Å². The van der Waals surface area contributed by atoms with Crippen molar-refractivity contribution in [2.75, 3.05) is 20.3 Å². The third-order valence-electron chi connectivity index (χ3n) is 4.62. The van der Waals surface area contributed by atoms with Gasteiger partial charge in [-0.3, -0.25) is 9.48 Å². The van der Waals surface area contributed by atoms with E-state index in [9.17, 15) is 4.79 Å². The Morgan fingerprint density at radius 1 is 1.14 bits per heavy atom.